The molecule has 5 heteroatoms. The highest BCUT2D eigenvalue weighted by molar-refractivity contribution is 8.01. The van der Waals surface area contributed by atoms with Gasteiger partial charge in [-0.05, 0) is 81.4 Å². The van der Waals surface area contributed by atoms with Crippen LogP contribution in [-0.4, -0.2) is 36.8 Å². The Balaban J connectivity index is 1.74. The SMILES string of the molecule is COC(=O)C1(Sc2cccc(C(C)C)c2)/C=C/CCCC(OC2CCCCO2)CCC1. The standard InChI is InChI=1S/C26H38O4S/c1-20(2)21-11-9-14-23(19-21)31-26(25(27)28-3)16-7-4-5-12-22(13-10-17-26)30-24-15-6-8-18-29-24/h7,9,11,14,16,19-20,22,24H,4-6,8,10,12-13,15,17-18H2,1-3H3/b16-7+. The number of esters is 1. The van der Waals surface area contributed by atoms with E-state index in [-0.39, 0.29) is 18.4 Å². The molecule has 1 aromatic rings. The molecule has 1 aromatic carbocycles. The van der Waals surface area contributed by atoms with Gasteiger partial charge in [0, 0.05) is 11.5 Å². The topological polar surface area (TPSA) is 44.8 Å². The van der Waals surface area contributed by atoms with E-state index in [4.69, 9.17) is 14.2 Å². The largest absolute Gasteiger partial charge is 0.468 e. The molecule has 1 fully saturated rings. The van der Waals surface area contributed by atoms with Crippen LogP contribution in [0.4, 0.5) is 0 Å². The molecular weight excluding hydrogens is 408 g/mol. The lowest BCUT2D eigenvalue weighted by Crippen LogP contribution is -2.35. The van der Waals surface area contributed by atoms with Crippen molar-refractivity contribution in [2.75, 3.05) is 13.7 Å². The summed E-state index contributed by atoms with van der Waals surface area (Å²) in [7, 11) is 1.49. The highest BCUT2D eigenvalue weighted by Gasteiger charge is 2.38. The number of hydrogen-bond donors (Lipinski definition) is 0. The Labute approximate surface area is 192 Å². The molecule has 0 amide bonds. The van der Waals surface area contributed by atoms with Gasteiger partial charge < -0.3 is 14.2 Å². The van der Waals surface area contributed by atoms with Crippen LogP contribution in [-0.2, 0) is 19.0 Å². The molecule has 1 saturated heterocycles. The molecule has 1 aliphatic carbocycles. The third kappa shape index (κ3) is 7.10. The second-order valence-corrected chi connectivity index (χ2v) is 10.4. The van der Waals surface area contributed by atoms with Crippen molar-refractivity contribution in [1.29, 1.82) is 0 Å². The number of benzene rings is 1. The third-order valence-corrected chi connectivity index (χ3v) is 7.56. The van der Waals surface area contributed by atoms with Crippen LogP contribution in [0.1, 0.15) is 83.1 Å². The van der Waals surface area contributed by atoms with E-state index >= 15 is 0 Å². The van der Waals surface area contributed by atoms with Crippen LogP contribution >= 0.6 is 11.8 Å². The number of rotatable bonds is 6. The highest BCUT2D eigenvalue weighted by Crippen LogP contribution is 2.41. The first-order valence-corrected chi connectivity index (χ1v) is 12.7. The Morgan fingerprint density at radius 3 is 2.74 bits per heavy atom. The Hall–Kier alpha value is -1.30. The Bertz CT molecular complexity index is 726. The number of thioether (sulfide) groups is 1. The number of methoxy groups -OCH3 is 1. The number of carbonyl (C=O) groups is 1. The monoisotopic (exact) mass is 446 g/mol. The van der Waals surface area contributed by atoms with Crippen molar-refractivity contribution >= 4 is 17.7 Å². The minimum Gasteiger partial charge on any atom is -0.468 e. The van der Waals surface area contributed by atoms with E-state index in [1.807, 2.05) is 0 Å². The van der Waals surface area contributed by atoms with Gasteiger partial charge in [0.1, 0.15) is 4.75 Å². The average molecular weight is 447 g/mol. The fourth-order valence-electron chi connectivity index (χ4n) is 4.34. The molecule has 0 bridgehead atoms. The van der Waals surface area contributed by atoms with Crippen molar-refractivity contribution < 1.29 is 19.0 Å². The molecule has 1 heterocycles. The first-order chi connectivity index (χ1) is 15.0. The van der Waals surface area contributed by atoms with E-state index in [1.54, 1.807) is 11.8 Å². The van der Waals surface area contributed by atoms with Crippen molar-refractivity contribution in [3.8, 4) is 0 Å². The van der Waals surface area contributed by atoms with Gasteiger partial charge in [-0.1, -0.05) is 38.1 Å². The predicted molar refractivity (Wildman–Crippen MR) is 126 cm³/mol. The summed E-state index contributed by atoms with van der Waals surface area (Å²) in [6, 6.07) is 8.54. The second kappa shape index (κ2) is 12.1. The number of allylic oxidation sites excluding steroid dienone is 1. The summed E-state index contributed by atoms with van der Waals surface area (Å²) in [4.78, 5) is 14.1. The van der Waals surface area contributed by atoms with Crippen LogP contribution in [0.25, 0.3) is 0 Å². The molecule has 3 atom stereocenters. The summed E-state index contributed by atoms with van der Waals surface area (Å²) in [6.07, 6.45) is 13.3. The van der Waals surface area contributed by atoms with E-state index in [1.165, 1.54) is 19.1 Å². The molecule has 3 unspecified atom stereocenters. The third-order valence-electron chi connectivity index (χ3n) is 6.20. The maximum absolute atomic E-state index is 13.0. The quantitative estimate of drug-likeness (QED) is 0.362. The normalized spacial score (nSPS) is 28.8. The molecule has 2 aliphatic rings. The number of hydrogen-bond acceptors (Lipinski definition) is 5. The van der Waals surface area contributed by atoms with Crippen molar-refractivity contribution in [1.82, 2.24) is 0 Å². The van der Waals surface area contributed by atoms with Gasteiger partial charge in [0.15, 0.2) is 6.29 Å². The first kappa shape index (κ1) is 24.3. The maximum atomic E-state index is 13.0. The molecule has 31 heavy (non-hydrogen) atoms. The molecule has 3 rings (SSSR count). The fourth-order valence-corrected chi connectivity index (χ4v) is 5.68. The molecular formula is C26H38O4S. The minimum absolute atomic E-state index is 0.0595. The zero-order valence-corrected chi connectivity index (χ0v) is 20.1. The Morgan fingerprint density at radius 1 is 1.16 bits per heavy atom. The van der Waals surface area contributed by atoms with Gasteiger partial charge in [-0.15, -0.1) is 11.8 Å². The number of carbonyl (C=O) groups excluding carboxylic acids is 1. The molecule has 0 saturated carbocycles. The van der Waals surface area contributed by atoms with Crippen LogP contribution in [0, 0.1) is 0 Å². The predicted octanol–water partition coefficient (Wildman–Crippen LogP) is 6.64. The summed E-state index contributed by atoms with van der Waals surface area (Å²) in [5.41, 5.74) is 1.29. The lowest BCUT2D eigenvalue weighted by molar-refractivity contribution is -0.191. The fraction of sp³-hybridized carbons (Fsp3) is 0.654. The minimum atomic E-state index is -0.701. The zero-order valence-electron chi connectivity index (χ0n) is 19.3. The number of ether oxygens (including phenoxy) is 3. The molecule has 4 nitrogen and oxygen atoms in total. The lowest BCUT2D eigenvalue weighted by Gasteiger charge is -2.31. The van der Waals surface area contributed by atoms with E-state index in [9.17, 15) is 4.79 Å². The van der Waals surface area contributed by atoms with Crippen LogP contribution in [0.3, 0.4) is 0 Å². The van der Waals surface area contributed by atoms with E-state index in [0.29, 0.717) is 5.92 Å². The van der Waals surface area contributed by atoms with Crippen LogP contribution < -0.4 is 0 Å². The van der Waals surface area contributed by atoms with Gasteiger partial charge in [0.2, 0.25) is 0 Å². The molecule has 0 aromatic heterocycles. The molecule has 0 spiro atoms. The molecule has 172 valence electrons. The smallest absolute Gasteiger partial charge is 0.326 e. The highest BCUT2D eigenvalue weighted by atomic mass is 32.2. The van der Waals surface area contributed by atoms with Gasteiger partial charge in [-0.2, -0.15) is 0 Å². The zero-order chi connectivity index (χ0) is 22.1. The second-order valence-electron chi connectivity index (χ2n) is 8.99. The van der Waals surface area contributed by atoms with Gasteiger partial charge in [0.25, 0.3) is 0 Å². The van der Waals surface area contributed by atoms with Crippen LogP contribution in [0.2, 0.25) is 0 Å². The maximum Gasteiger partial charge on any atom is 0.326 e. The van der Waals surface area contributed by atoms with Crippen molar-refractivity contribution in [2.24, 2.45) is 0 Å². The van der Waals surface area contributed by atoms with Gasteiger partial charge >= 0.3 is 5.97 Å². The summed E-state index contributed by atoms with van der Waals surface area (Å²) < 4.78 is 16.7. The summed E-state index contributed by atoms with van der Waals surface area (Å²) >= 11 is 1.62. The summed E-state index contributed by atoms with van der Waals surface area (Å²) in [6.45, 7) is 5.19. The summed E-state index contributed by atoms with van der Waals surface area (Å²) in [5, 5.41) is 0. The van der Waals surface area contributed by atoms with E-state index < -0.39 is 4.75 Å². The van der Waals surface area contributed by atoms with Crippen molar-refractivity contribution in [3.63, 3.8) is 0 Å². The van der Waals surface area contributed by atoms with Gasteiger partial charge in [0.05, 0.1) is 13.2 Å². The van der Waals surface area contributed by atoms with Gasteiger partial charge in [-0.25, -0.2) is 0 Å². The molecule has 0 N–H and O–H groups in total. The van der Waals surface area contributed by atoms with Crippen LogP contribution in [0.5, 0.6) is 0 Å². The summed E-state index contributed by atoms with van der Waals surface area (Å²) in [5.74, 6) is 0.284. The van der Waals surface area contributed by atoms with Crippen LogP contribution in [0.15, 0.2) is 41.3 Å². The van der Waals surface area contributed by atoms with E-state index in [2.05, 4.69) is 50.3 Å². The van der Waals surface area contributed by atoms with Gasteiger partial charge in [-0.3, -0.25) is 4.79 Å². The average Bonchev–Trinajstić information content (AvgIpc) is 2.78. The Kier molecular flexibility index (Phi) is 9.48. The lowest BCUT2D eigenvalue weighted by atomic mass is 9.95. The first-order valence-electron chi connectivity index (χ1n) is 11.8. The Morgan fingerprint density at radius 2 is 2.00 bits per heavy atom. The van der Waals surface area contributed by atoms with Crippen molar-refractivity contribution in [2.45, 2.75) is 99.6 Å². The molecule has 1 aliphatic heterocycles. The molecule has 0 radical (unpaired) electrons. The van der Waals surface area contributed by atoms with E-state index in [0.717, 1.165) is 62.9 Å². The van der Waals surface area contributed by atoms with Crippen molar-refractivity contribution in [3.05, 3.63) is 42.0 Å².